The molecular weight excluding hydrogens is 343 g/mol. The lowest BCUT2D eigenvalue weighted by Crippen LogP contribution is -2.51. The number of hydrogen-bond donors (Lipinski definition) is 1. The number of nitrogens with one attached hydrogen (secondary N) is 1. The Labute approximate surface area is 148 Å². The van der Waals surface area contributed by atoms with Crippen LogP contribution in [0.4, 0.5) is 4.39 Å². The van der Waals surface area contributed by atoms with Crippen LogP contribution in [-0.4, -0.2) is 37.4 Å². The second kappa shape index (κ2) is 7.03. The Morgan fingerprint density at radius 3 is 2.68 bits per heavy atom. The molecule has 25 heavy (non-hydrogen) atoms. The molecule has 7 heteroatoms. The van der Waals surface area contributed by atoms with Gasteiger partial charge in [0.25, 0.3) is 0 Å². The minimum atomic E-state index is -4.08. The van der Waals surface area contributed by atoms with E-state index in [0.29, 0.717) is 5.92 Å². The monoisotopic (exact) mass is 368 g/mol. The fraction of sp³-hybridized carbons (Fsp3) is 0.611. The van der Waals surface area contributed by atoms with Crippen LogP contribution in [0.25, 0.3) is 0 Å². The molecule has 1 N–H and O–H groups in total. The molecule has 0 spiro atoms. The van der Waals surface area contributed by atoms with Crippen LogP contribution in [-0.2, 0) is 14.8 Å². The lowest BCUT2D eigenvalue weighted by Gasteiger charge is -2.35. The third kappa shape index (κ3) is 3.58. The van der Waals surface area contributed by atoms with E-state index in [1.807, 2.05) is 11.8 Å². The van der Waals surface area contributed by atoms with Crippen LogP contribution in [0.15, 0.2) is 29.2 Å². The number of halogens is 1. The summed E-state index contributed by atoms with van der Waals surface area (Å²) in [5.74, 6) is -0.526. The highest BCUT2D eigenvalue weighted by atomic mass is 32.2. The Morgan fingerprint density at radius 1 is 1.28 bits per heavy atom. The van der Waals surface area contributed by atoms with Crippen molar-refractivity contribution in [1.82, 2.24) is 9.62 Å². The SMILES string of the molecule is CC1CC2CCCCC2N1C(=O)[C@H](C)NS(=O)(=O)c1ccccc1F. The predicted octanol–water partition coefficient (Wildman–Crippen LogP) is 2.67. The number of sulfonamides is 1. The highest BCUT2D eigenvalue weighted by Crippen LogP contribution is 2.39. The largest absolute Gasteiger partial charge is 0.335 e. The number of hydrogen-bond acceptors (Lipinski definition) is 3. The smallest absolute Gasteiger partial charge is 0.244 e. The molecule has 1 saturated carbocycles. The summed E-state index contributed by atoms with van der Waals surface area (Å²) in [4.78, 5) is 14.3. The minimum absolute atomic E-state index is 0.112. The van der Waals surface area contributed by atoms with Gasteiger partial charge in [-0.15, -0.1) is 0 Å². The van der Waals surface area contributed by atoms with Gasteiger partial charge in [0.15, 0.2) is 0 Å². The van der Waals surface area contributed by atoms with Crippen molar-refractivity contribution in [2.45, 2.75) is 69.0 Å². The molecule has 2 fully saturated rings. The molecule has 1 heterocycles. The van der Waals surface area contributed by atoms with Gasteiger partial charge >= 0.3 is 0 Å². The molecule has 0 radical (unpaired) electrons. The van der Waals surface area contributed by atoms with Crippen LogP contribution in [0.1, 0.15) is 46.0 Å². The van der Waals surface area contributed by atoms with Gasteiger partial charge < -0.3 is 4.90 Å². The van der Waals surface area contributed by atoms with Crippen molar-refractivity contribution in [3.05, 3.63) is 30.1 Å². The highest BCUT2D eigenvalue weighted by molar-refractivity contribution is 7.89. The maximum absolute atomic E-state index is 13.8. The molecule has 1 aromatic carbocycles. The molecule has 138 valence electrons. The van der Waals surface area contributed by atoms with E-state index in [1.54, 1.807) is 0 Å². The summed E-state index contributed by atoms with van der Waals surface area (Å²) >= 11 is 0. The quantitative estimate of drug-likeness (QED) is 0.888. The van der Waals surface area contributed by atoms with Crippen LogP contribution in [0.5, 0.6) is 0 Å². The number of carbonyl (C=O) groups excluding carboxylic acids is 1. The van der Waals surface area contributed by atoms with Gasteiger partial charge in [0.1, 0.15) is 10.7 Å². The zero-order valence-electron chi connectivity index (χ0n) is 14.6. The molecule has 1 saturated heterocycles. The molecule has 1 aliphatic carbocycles. The molecule has 1 amide bonds. The summed E-state index contributed by atoms with van der Waals surface area (Å²) in [5, 5.41) is 0. The van der Waals surface area contributed by atoms with Crippen molar-refractivity contribution in [1.29, 1.82) is 0 Å². The van der Waals surface area contributed by atoms with Gasteiger partial charge in [-0.2, -0.15) is 4.72 Å². The van der Waals surface area contributed by atoms with E-state index in [0.717, 1.165) is 31.7 Å². The molecule has 2 aliphatic rings. The Bertz CT molecular complexity index is 752. The highest BCUT2D eigenvalue weighted by Gasteiger charge is 2.44. The maximum atomic E-state index is 13.8. The number of rotatable bonds is 4. The van der Waals surface area contributed by atoms with Crippen LogP contribution in [0.2, 0.25) is 0 Å². The van der Waals surface area contributed by atoms with Crippen molar-refractivity contribution in [2.24, 2.45) is 5.92 Å². The fourth-order valence-corrected chi connectivity index (χ4v) is 5.60. The average molecular weight is 368 g/mol. The van der Waals surface area contributed by atoms with E-state index in [2.05, 4.69) is 4.72 Å². The van der Waals surface area contributed by atoms with Gasteiger partial charge in [-0.25, -0.2) is 12.8 Å². The van der Waals surface area contributed by atoms with Crippen molar-refractivity contribution < 1.29 is 17.6 Å². The van der Waals surface area contributed by atoms with E-state index in [4.69, 9.17) is 0 Å². The third-order valence-corrected chi connectivity index (χ3v) is 7.00. The molecule has 5 nitrogen and oxygen atoms in total. The summed E-state index contributed by atoms with van der Waals surface area (Å²) in [6.07, 6.45) is 5.39. The van der Waals surface area contributed by atoms with Crippen LogP contribution < -0.4 is 4.72 Å². The van der Waals surface area contributed by atoms with Crippen LogP contribution in [0.3, 0.4) is 0 Å². The van der Waals surface area contributed by atoms with Crippen LogP contribution in [0, 0.1) is 11.7 Å². The number of carbonyl (C=O) groups is 1. The van der Waals surface area contributed by atoms with Crippen molar-refractivity contribution in [2.75, 3.05) is 0 Å². The van der Waals surface area contributed by atoms with Gasteiger partial charge in [0.2, 0.25) is 15.9 Å². The summed E-state index contributed by atoms with van der Waals surface area (Å²) < 4.78 is 41.0. The molecule has 3 rings (SSSR count). The normalized spacial score (nSPS) is 27.8. The lowest BCUT2D eigenvalue weighted by molar-refractivity contribution is -0.136. The third-order valence-electron chi connectivity index (χ3n) is 5.43. The van der Waals surface area contributed by atoms with Gasteiger partial charge in [-0.3, -0.25) is 4.79 Å². The second-order valence-corrected chi connectivity index (χ2v) is 8.90. The number of fused-ring (bicyclic) bond motifs is 1. The van der Waals surface area contributed by atoms with E-state index in [9.17, 15) is 17.6 Å². The summed E-state index contributed by atoms with van der Waals surface area (Å²) in [5.41, 5.74) is 0. The first-order valence-corrected chi connectivity index (χ1v) is 10.4. The Morgan fingerprint density at radius 2 is 1.96 bits per heavy atom. The minimum Gasteiger partial charge on any atom is -0.335 e. The lowest BCUT2D eigenvalue weighted by atomic mass is 9.85. The standard InChI is InChI=1S/C18H25FN2O3S/c1-12-11-14-7-3-5-9-16(14)21(12)18(22)13(2)20-25(23,24)17-10-6-4-8-15(17)19/h4,6,8,10,12-14,16,20H,3,5,7,9,11H2,1-2H3/t12?,13-,14?,16?/m0/s1. The number of benzene rings is 1. The first kappa shape index (κ1) is 18.3. The first-order chi connectivity index (χ1) is 11.8. The molecular formula is C18H25FN2O3S. The van der Waals surface area contributed by atoms with Gasteiger partial charge in [-0.05, 0) is 51.2 Å². The number of amides is 1. The first-order valence-electron chi connectivity index (χ1n) is 8.90. The molecule has 3 unspecified atom stereocenters. The van der Waals surface area contributed by atoms with E-state index >= 15 is 0 Å². The van der Waals surface area contributed by atoms with E-state index in [1.165, 1.54) is 31.5 Å². The topological polar surface area (TPSA) is 66.5 Å². The number of likely N-dealkylation sites (tertiary alicyclic amines) is 1. The van der Waals surface area contributed by atoms with E-state index < -0.39 is 26.8 Å². The predicted molar refractivity (Wildman–Crippen MR) is 92.9 cm³/mol. The summed E-state index contributed by atoms with van der Waals surface area (Å²) in [6.45, 7) is 3.55. The number of nitrogens with zero attached hydrogens (tertiary/aromatic N) is 1. The maximum Gasteiger partial charge on any atom is 0.244 e. The van der Waals surface area contributed by atoms with Crippen molar-refractivity contribution in [3.8, 4) is 0 Å². The van der Waals surface area contributed by atoms with Gasteiger partial charge in [-0.1, -0.05) is 25.0 Å². The molecule has 1 aliphatic heterocycles. The van der Waals surface area contributed by atoms with Gasteiger partial charge in [0.05, 0.1) is 6.04 Å². The van der Waals surface area contributed by atoms with Crippen LogP contribution >= 0.6 is 0 Å². The zero-order chi connectivity index (χ0) is 18.2. The van der Waals surface area contributed by atoms with E-state index in [-0.39, 0.29) is 18.0 Å². The second-order valence-electron chi connectivity index (χ2n) is 7.22. The molecule has 0 bridgehead atoms. The zero-order valence-corrected chi connectivity index (χ0v) is 15.4. The van der Waals surface area contributed by atoms with Crippen molar-refractivity contribution >= 4 is 15.9 Å². The Kier molecular flexibility index (Phi) is 5.16. The molecule has 0 aromatic heterocycles. The summed E-state index contributed by atoms with van der Waals surface area (Å²) in [7, 11) is -4.08. The Hall–Kier alpha value is -1.47. The van der Waals surface area contributed by atoms with Crippen molar-refractivity contribution in [3.63, 3.8) is 0 Å². The van der Waals surface area contributed by atoms with Gasteiger partial charge in [0, 0.05) is 12.1 Å². The Balaban J connectivity index is 1.75. The molecule has 4 atom stereocenters. The molecule has 1 aromatic rings. The fourth-order valence-electron chi connectivity index (χ4n) is 4.32. The average Bonchev–Trinajstić information content (AvgIpc) is 2.89. The summed E-state index contributed by atoms with van der Waals surface area (Å²) in [6, 6.07) is 4.57.